The normalized spacial score (nSPS) is 17.4. The average molecular weight is 401 g/mol. The molecule has 1 aliphatic carbocycles. The molecule has 4 rings (SSSR count). The lowest BCUT2D eigenvalue weighted by Gasteiger charge is -2.27. The van der Waals surface area contributed by atoms with Crippen molar-refractivity contribution in [3.8, 4) is 0 Å². The van der Waals surface area contributed by atoms with Gasteiger partial charge < -0.3 is 10.2 Å². The predicted octanol–water partition coefficient (Wildman–Crippen LogP) is 3.90. The van der Waals surface area contributed by atoms with Crippen molar-refractivity contribution in [1.82, 2.24) is 15.1 Å². The number of nitrogens with zero attached hydrogens (tertiary/aromatic N) is 2. The van der Waals surface area contributed by atoms with E-state index in [9.17, 15) is 9.59 Å². The minimum Gasteiger partial charge on any atom is -0.338 e. The minimum absolute atomic E-state index is 0.0482. The summed E-state index contributed by atoms with van der Waals surface area (Å²) in [6, 6.07) is 4.02. The van der Waals surface area contributed by atoms with Gasteiger partial charge in [0.2, 0.25) is 11.8 Å². The van der Waals surface area contributed by atoms with Crippen LogP contribution >= 0.6 is 11.3 Å². The maximum Gasteiger partial charge on any atom is 0.226 e. The van der Waals surface area contributed by atoms with Crippen molar-refractivity contribution in [2.24, 2.45) is 5.92 Å². The van der Waals surface area contributed by atoms with Gasteiger partial charge in [-0.2, -0.15) is 5.10 Å². The Morgan fingerprint density at radius 1 is 1.25 bits per heavy atom. The summed E-state index contributed by atoms with van der Waals surface area (Å²) >= 11 is 1.76. The van der Waals surface area contributed by atoms with E-state index in [1.165, 1.54) is 42.5 Å². The molecular weight excluding hydrogens is 372 g/mol. The van der Waals surface area contributed by atoms with Crippen molar-refractivity contribution < 1.29 is 9.59 Å². The smallest absolute Gasteiger partial charge is 0.226 e. The van der Waals surface area contributed by atoms with Crippen LogP contribution in [-0.4, -0.2) is 33.5 Å². The van der Waals surface area contributed by atoms with Gasteiger partial charge in [-0.3, -0.25) is 14.7 Å². The molecule has 1 aliphatic heterocycles. The zero-order valence-electron chi connectivity index (χ0n) is 16.2. The number of nitrogens with one attached hydrogen (secondary N) is 2. The zero-order chi connectivity index (χ0) is 19.3. The number of aromatic nitrogens is 2. The summed E-state index contributed by atoms with van der Waals surface area (Å²) in [5.41, 5.74) is 2.33. The van der Waals surface area contributed by atoms with Crippen LogP contribution in [0.15, 0.2) is 17.5 Å². The molecule has 2 N–H and O–H groups in total. The number of hydrogen-bond donors (Lipinski definition) is 2. The molecule has 2 aromatic heterocycles. The predicted molar refractivity (Wildman–Crippen MR) is 110 cm³/mol. The first-order valence-corrected chi connectivity index (χ1v) is 11.2. The monoisotopic (exact) mass is 400 g/mol. The number of carbonyl (C=O) groups is 2. The van der Waals surface area contributed by atoms with Crippen LogP contribution in [0.2, 0.25) is 0 Å². The Labute approximate surface area is 169 Å². The molecule has 150 valence electrons. The Hall–Kier alpha value is -2.15. The van der Waals surface area contributed by atoms with E-state index in [4.69, 9.17) is 0 Å². The third kappa shape index (κ3) is 4.82. The molecule has 0 saturated heterocycles. The zero-order valence-corrected chi connectivity index (χ0v) is 17.0. The molecule has 2 aromatic rings. The quantitative estimate of drug-likeness (QED) is 0.772. The number of hydrogen-bond acceptors (Lipinski definition) is 4. The summed E-state index contributed by atoms with van der Waals surface area (Å²) in [7, 11) is 0. The molecule has 6 nitrogen and oxygen atoms in total. The first-order chi connectivity index (χ1) is 13.7. The van der Waals surface area contributed by atoms with E-state index in [1.807, 2.05) is 11.0 Å². The van der Waals surface area contributed by atoms with Gasteiger partial charge in [0.25, 0.3) is 0 Å². The Balaban J connectivity index is 1.21. The highest BCUT2D eigenvalue weighted by molar-refractivity contribution is 7.10. The number of aromatic amines is 1. The number of rotatable bonds is 6. The summed E-state index contributed by atoms with van der Waals surface area (Å²) in [5, 5.41) is 12.2. The van der Waals surface area contributed by atoms with Crippen molar-refractivity contribution in [1.29, 1.82) is 0 Å². The summed E-state index contributed by atoms with van der Waals surface area (Å²) < 4.78 is 0. The Bertz CT molecular complexity index is 822. The molecule has 0 aromatic carbocycles. The van der Waals surface area contributed by atoms with Gasteiger partial charge in [0.1, 0.15) is 0 Å². The van der Waals surface area contributed by atoms with Gasteiger partial charge >= 0.3 is 0 Å². The third-order valence-electron chi connectivity index (χ3n) is 5.86. The second-order valence-electron chi connectivity index (χ2n) is 7.97. The summed E-state index contributed by atoms with van der Waals surface area (Å²) in [6.07, 6.45) is 8.91. The van der Waals surface area contributed by atoms with E-state index >= 15 is 0 Å². The molecule has 2 amide bonds. The molecule has 3 heterocycles. The first kappa shape index (κ1) is 19.2. The maximum atomic E-state index is 12.4. The standard InChI is InChI=1S/C21H28N4O2S/c26-20(6-7-21(27)25-10-8-18-16(14-25)9-11-28-18)22-19-13-17(23-24-19)12-15-4-2-1-3-5-15/h9,11,13,15H,1-8,10,12,14H2,(H2,22,23,24,26). The van der Waals surface area contributed by atoms with Crippen LogP contribution in [0.1, 0.15) is 61.1 Å². The number of H-pyrrole nitrogens is 1. The van der Waals surface area contributed by atoms with E-state index in [-0.39, 0.29) is 24.7 Å². The topological polar surface area (TPSA) is 78.1 Å². The van der Waals surface area contributed by atoms with Crippen LogP contribution < -0.4 is 5.32 Å². The highest BCUT2D eigenvalue weighted by Crippen LogP contribution is 2.27. The molecule has 1 saturated carbocycles. The molecule has 1 fully saturated rings. The highest BCUT2D eigenvalue weighted by atomic mass is 32.1. The van der Waals surface area contributed by atoms with Crippen molar-refractivity contribution in [3.05, 3.63) is 33.6 Å². The Kier molecular flexibility index (Phi) is 6.10. The number of carbonyl (C=O) groups excluding carboxylic acids is 2. The van der Waals surface area contributed by atoms with Gasteiger partial charge in [0, 0.05) is 42.6 Å². The van der Waals surface area contributed by atoms with E-state index in [1.54, 1.807) is 11.3 Å². The number of fused-ring (bicyclic) bond motifs is 1. The number of thiophene rings is 1. The Morgan fingerprint density at radius 2 is 2.11 bits per heavy atom. The van der Waals surface area contributed by atoms with Crippen molar-refractivity contribution in [2.45, 2.75) is 64.3 Å². The van der Waals surface area contributed by atoms with Crippen molar-refractivity contribution >= 4 is 29.0 Å². The summed E-state index contributed by atoms with van der Waals surface area (Å²) in [6.45, 7) is 1.42. The summed E-state index contributed by atoms with van der Waals surface area (Å²) in [5.74, 6) is 1.18. The fourth-order valence-corrected chi connectivity index (χ4v) is 5.17. The molecule has 7 heteroatoms. The van der Waals surface area contributed by atoms with Crippen LogP contribution in [0.25, 0.3) is 0 Å². The molecule has 0 unspecified atom stereocenters. The van der Waals surface area contributed by atoms with Crippen molar-refractivity contribution in [3.63, 3.8) is 0 Å². The molecule has 0 atom stereocenters. The highest BCUT2D eigenvalue weighted by Gasteiger charge is 2.22. The second kappa shape index (κ2) is 8.90. The van der Waals surface area contributed by atoms with Gasteiger partial charge in [0.15, 0.2) is 5.82 Å². The minimum atomic E-state index is -0.155. The van der Waals surface area contributed by atoms with Gasteiger partial charge in [-0.1, -0.05) is 32.1 Å². The SMILES string of the molecule is O=C(CCC(=O)N1CCc2sccc2C1)Nc1cc(CC2CCCCC2)[nH]n1. The molecule has 0 radical (unpaired) electrons. The van der Waals surface area contributed by atoms with E-state index < -0.39 is 0 Å². The Morgan fingerprint density at radius 3 is 2.96 bits per heavy atom. The molecule has 2 aliphatic rings. The molecule has 0 bridgehead atoms. The van der Waals surface area contributed by atoms with Gasteiger partial charge in [-0.25, -0.2) is 0 Å². The van der Waals surface area contributed by atoms with Crippen LogP contribution in [0.5, 0.6) is 0 Å². The molecule has 28 heavy (non-hydrogen) atoms. The fourth-order valence-electron chi connectivity index (χ4n) is 4.28. The van der Waals surface area contributed by atoms with Gasteiger partial charge in [-0.15, -0.1) is 11.3 Å². The third-order valence-corrected chi connectivity index (χ3v) is 6.88. The molecular formula is C21H28N4O2S. The van der Waals surface area contributed by atoms with E-state index in [0.717, 1.165) is 31.0 Å². The number of anilines is 1. The lowest BCUT2D eigenvalue weighted by molar-refractivity contribution is -0.133. The van der Waals surface area contributed by atoms with E-state index in [0.29, 0.717) is 12.4 Å². The fraction of sp³-hybridized carbons (Fsp3) is 0.571. The van der Waals surface area contributed by atoms with Crippen molar-refractivity contribution in [2.75, 3.05) is 11.9 Å². The van der Waals surface area contributed by atoms with E-state index in [2.05, 4.69) is 27.0 Å². The summed E-state index contributed by atoms with van der Waals surface area (Å²) in [4.78, 5) is 27.9. The maximum absolute atomic E-state index is 12.4. The largest absolute Gasteiger partial charge is 0.338 e. The number of amides is 2. The van der Waals surface area contributed by atoms with Crippen LogP contribution in [0.4, 0.5) is 5.82 Å². The van der Waals surface area contributed by atoms with Gasteiger partial charge in [-0.05, 0) is 35.8 Å². The van der Waals surface area contributed by atoms with Gasteiger partial charge in [0.05, 0.1) is 0 Å². The lowest BCUT2D eigenvalue weighted by Crippen LogP contribution is -2.35. The van der Waals surface area contributed by atoms with Crippen LogP contribution in [0, 0.1) is 5.92 Å². The lowest BCUT2D eigenvalue weighted by atomic mass is 9.86. The van der Waals surface area contributed by atoms with Crippen LogP contribution in [0.3, 0.4) is 0 Å². The van der Waals surface area contributed by atoms with Crippen LogP contribution in [-0.2, 0) is 29.0 Å². The second-order valence-corrected chi connectivity index (χ2v) is 8.97. The first-order valence-electron chi connectivity index (χ1n) is 10.3. The average Bonchev–Trinajstić information content (AvgIpc) is 3.35. The molecule has 0 spiro atoms.